The molecule has 4 nitrogen and oxygen atoms in total. The molecule has 1 heterocycles. The van der Waals surface area contributed by atoms with Gasteiger partial charge in [0.25, 0.3) is 0 Å². The average Bonchev–Trinajstić information content (AvgIpc) is 2.47. The summed E-state index contributed by atoms with van der Waals surface area (Å²) >= 11 is 5.98. The third-order valence-electron chi connectivity index (χ3n) is 2.88. The van der Waals surface area contributed by atoms with Crippen LogP contribution in [0.2, 0.25) is 5.02 Å². The van der Waals surface area contributed by atoms with Gasteiger partial charge in [0.15, 0.2) is 0 Å². The number of hydrogen-bond acceptors (Lipinski definition) is 3. The first-order valence-corrected chi connectivity index (χ1v) is 8.25. The minimum atomic E-state index is -3.55. The van der Waals surface area contributed by atoms with Crippen LogP contribution in [0.3, 0.4) is 0 Å². The molecule has 21 heavy (non-hydrogen) atoms. The average molecular weight is 323 g/mol. The highest BCUT2D eigenvalue weighted by atomic mass is 35.5. The van der Waals surface area contributed by atoms with E-state index in [4.69, 9.17) is 11.6 Å². The topological polar surface area (TPSA) is 59.1 Å². The van der Waals surface area contributed by atoms with Gasteiger partial charge < -0.3 is 0 Å². The van der Waals surface area contributed by atoms with Crippen molar-refractivity contribution in [2.24, 2.45) is 0 Å². The molecule has 110 valence electrons. The maximum atomic E-state index is 12.0. The van der Waals surface area contributed by atoms with Crippen LogP contribution in [-0.4, -0.2) is 13.4 Å². The standard InChI is InChI=1S/C15H15ClN2O2S/c1-12(13-6-9-17-10-7-13)18-21(19,20)11-8-14-4-2-3-5-15(14)16/h2-12,18H,1H3/b11-8+/t12-/m1/s1. The first kappa shape index (κ1) is 15.7. The van der Waals surface area contributed by atoms with Crippen molar-refractivity contribution in [3.8, 4) is 0 Å². The highest BCUT2D eigenvalue weighted by Gasteiger charge is 2.12. The maximum Gasteiger partial charge on any atom is 0.234 e. The van der Waals surface area contributed by atoms with Crippen LogP contribution in [0, 0.1) is 0 Å². The van der Waals surface area contributed by atoms with Crippen LogP contribution in [-0.2, 0) is 10.0 Å². The number of nitrogens with zero attached hydrogens (tertiary/aromatic N) is 1. The predicted molar refractivity (Wildman–Crippen MR) is 85.2 cm³/mol. The lowest BCUT2D eigenvalue weighted by atomic mass is 10.1. The summed E-state index contributed by atoms with van der Waals surface area (Å²) in [6.07, 6.45) is 4.73. The van der Waals surface area contributed by atoms with Gasteiger partial charge in [-0.15, -0.1) is 0 Å². The Morgan fingerprint density at radius 3 is 2.52 bits per heavy atom. The molecule has 0 spiro atoms. The minimum Gasteiger partial charge on any atom is -0.265 e. The van der Waals surface area contributed by atoms with Crippen LogP contribution in [0.25, 0.3) is 6.08 Å². The third kappa shape index (κ3) is 4.67. The number of hydrogen-bond donors (Lipinski definition) is 1. The maximum absolute atomic E-state index is 12.0. The van der Waals surface area contributed by atoms with Gasteiger partial charge >= 0.3 is 0 Å². The highest BCUT2D eigenvalue weighted by molar-refractivity contribution is 7.92. The molecule has 2 aromatic rings. The van der Waals surface area contributed by atoms with Crippen molar-refractivity contribution in [1.82, 2.24) is 9.71 Å². The van der Waals surface area contributed by atoms with Crippen molar-refractivity contribution in [3.63, 3.8) is 0 Å². The lowest BCUT2D eigenvalue weighted by molar-refractivity contribution is 0.576. The van der Waals surface area contributed by atoms with Crippen molar-refractivity contribution in [2.75, 3.05) is 0 Å². The van der Waals surface area contributed by atoms with Crippen LogP contribution >= 0.6 is 11.6 Å². The fraction of sp³-hybridized carbons (Fsp3) is 0.133. The molecule has 0 fully saturated rings. The normalized spacial score (nSPS) is 13.4. The molecule has 0 saturated carbocycles. The summed E-state index contributed by atoms with van der Waals surface area (Å²) in [6, 6.07) is 10.2. The van der Waals surface area contributed by atoms with Gasteiger partial charge in [0, 0.05) is 28.9 Å². The Morgan fingerprint density at radius 2 is 1.86 bits per heavy atom. The summed E-state index contributed by atoms with van der Waals surface area (Å²) < 4.78 is 26.7. The second-order valence-electron chi connectivity index (χ2n) is 4.49. The van der Waals surface area contributed by atoms with E-state index in [1.54, 1.807) is 55.7 Å². The van der Waals surface area contributed by atoms with E-state index in [1.165, 1.54) is 6.08 Å². The number of pyridine rings is 1. The lowest BCUT2D eigenvalue weighted by Gasteiger charge is -2.12. The molecular weight excluding hydrogens is 308 g/mol. The van der Waals surface area contributed by atoms with Crippen LogP contribution in [0.1, 0.15) is 24.1 Å². The van der Waals surface area contributed by atoms with Gasteiger partial charge in [-0.1, -0.05) is 29.8 Å². The van der Waals surface area contributed by atoms with E-state index in [0.717, 1.165) is 11.0 Å². The summed E-state index contributed by atoms with van der Waals surface area (Å²) in [6.45, 7) is 1.77. The fourth-order valence-corrected chi connectivity index (χ4v) is 3.01. The Labute approximate surface area is 129 Å². The molecule has 0 radical (unpaired) electrons. The number of halogens is 1. The molecule has 0 aliphatic carbocycles. The Kier molecular flexibility index (Phi) is 5.12. The zero-order valence-corrected chi connectivity index (χ0v) is 13.0. The van der Waals surface area contributed by atoms with Gasteiger partial charge in [-0.3, -0.25) is 4.98 Å². The number of nitrogens with one attached hydrogen (secondary N) is 1. The van der Waals surface area contributed by atoms with Gasteiger partial charge in [-0.2, -0.15) is 0 Å². The molecule has 0 aliphatic rings. The minimum absolute atomic E-state index is 0.339. The van der Waals surface area contributed by atoms with Crippen molar-refractivity contribution in [2.45, 2.75) is 13.0 Å². The number of sulfonamides is 1. The molecule has 1 aromatic carbocycles. The van der Waals surface area contributed by atoms with Gasteiger partial charge in [0.2, 0.25) is 10.0 Å². The second-order valence-corrected chi connectivity index (χ2v) is 6.49. The van der Waals surface area contributed by atoms with E-state index in [9.17, 15) is 8.42 Å². The van der Waals surface area contributed by atoms with Crippen molar-refractivity contribution >= 4 is 27.7 Å². The zero-order chi connectivity index (χ0) is 15.3. The Bertz CT molecular complexity index is 730. The second kappa shape index (κ2) is 6.85. The molecule has 0 aliphatic heterocycles. The van der Waals surface area contributed by atoms with Crippen molar-refractivity contribution < 1.29 is 8.42 Å². The van der Waals surface area contributed by atoms with E-state index in [1.807, 2.05) is 0 Å². The Morgan fingerprint density at radius 1 is 1.19 bits per heavy atom. The molecule has 2 rings (SSSR count). The van der Waals surface area contributed by atoms with Crippen LogP contribution in [0.15, 0.2) is 54.2 Å². The quantitative estimate of drug-likeness (QED) is 0.918. The van der Waals surface area contributed by atoms with Gasteiger partial charge in [-0.25, -0.2) is 13.1 Å². The SMILES string of the molecule is C[C@@H](NS(=O)(=O)/C=C/c1ccccc1Cl)c1ccncc1. The summed E-state index contributed by atoms with van der Waals surface area (Å²) in [5.74, 6) is 0. The van der Waals surface area contributed by atoms with Crippen LogP contribution in [0.4, 0.5) is 0 Å². The molecule has 6 heteroatoms. The van der Waals surface area contributed by atoms with Gasteiger partial charge in [0.1, 0.15) is 0 Å². The molecule has 0 saturated heterocycles. The Balaban J connectivity index is 2.11. The van der Waals surface area contributed by atoms with E-state index < -0.39 is 10.0 Å². The predicted octanol–water partition coefficient (Wildman–Crippen LogP) is 3.39. The monoisotopic (exact) mass is 322 g/mol. The highest BCUT2D eigenvalue weighted by Crippen LogP contribution is 2.17. The van der Waals surface area contributed by atoms with Crippen LogP contribution in [0.5, 0.6) is 0 Å². The first-order chi connectivity index (χ1) is 9.98. The Hall–Kier alpha value is -1.69. The van der Waals surface area contributed by atoms with E-state index in [0.29, 0.717) is 10.6 Å². The molecule has 0 amide bonds. The summed E-state index contributed by atoms with van der Waals surface area (Å²) in [7, 11) is -3.55. The van der Waals surface area contributed by atoms with E-state index >= 15 is 0 Å². The molecule has 1 N–H and O–H groups in total. The van der Waals surface area contributed by atoms with Crippen molar-refractivity contribution in [3.05, 3.63) is 70.3 Å². The molecule has 1 atom stereocenters. The summed E-state index contributed by atoms with van der Waals surface area (Å²) in [5, 5.41) is 1.62. The van der Waals surface area contributed by atoms with Crippen molar-refractivity contribution in [1.29, 1.82) is 0 Å². The zero-order valence-electron chi connectivity index (χ0n) is 11.4. The molecule has 0 bridgehead atoms. The lowest BCUT2D eigenvalue weighted by Crippen LogP contribution is -2.24. The smallest absolute Gasteiger partial charge is 0.234 e. The molecule has 1 aromatic heterocycles. The van der Waals surface area contributed by atoms with E-state index in [2.05, 4.69) is 9.71 Å². The largest absolute Gasteiger partial charge is 0.265 e. The summed E-state index contributed by atoms with van der Waals surface area (Å²) in [4.78, 5) is 3.90. The summed E-state index contributed by atoms with van der Waals surface area (Å²) in [5.41, 5.74) is 1.50. The molecule has 0 unspecified atom stereocenters. The number of benzene rings is 1. The third-order valence-corrected chi connectivity index (χ3v) is 4.40. The van der Waals surface area contributed by atoms with Gasteiger partial charge in [0.05, 0.1) is 0 Å². The first-order valence-electron chi connectivity index (χ1n) is 6.33. The number of aromatic nitrogens is 1. The number of rotatable bonds is 5. The van der Waals surface area contributed by atoms with E-state index in [-0.39, 0.29) is 6.04 Å². The molecular formula is C15H15ClN2O2S. The fourth-order valence-electron chi connectivity index (χ4n) is 1.78. The van der Waals surface area contributed by atoms with Gasteiger partial charge in [-0.05, 0) is 42.3 Å². The van der Waals surface area contributed by atoms with Crippen LogP contribution < -0.4 is 4.72 Å².